The van der Waals surface area contributed by atoms with E-state index in [-0.39, 0.29) is 0 Å². The molecule has 1 aromatic rings. The summed E-state index contributed by atoms with van der Waals surface area (Å²) in [4.78, 5) is 3.17. The van der Waals surface area contributed by atoms with Crippen LogP contribution in [0.2, 0.25) is 0 Å². The molecular weight excluding hydrogens is 252 g/mol. The third kappa shape index (κ3) is 4.90. The number of hydrogen-bond acceptors (Lipinski definition) is 3. The van der Waals surface area contributed by atoms with Crippen molar-refractivity contribution in [3.8, 4) is 0 Å². The van der Waals surface area contributed by atoms with Crippen LogP contribution in [0.4, 0.5) is 0 Å². The molecule has 19 heavy (non-hydrogen) atoms. The standard InChI is InChI=1S/C16H28N2S/c1-12(2)17-10-13(3)18-11-15-9-14-7-5-4-6-8-16(14)19-15/h9,12-13,17-18H,4-8,10-11H2,1-3H3. The first-order chi connectivity index (χ1) is 9.15. The maximum atomic E-state index is 3.63. The van der Waals surface area contributed by atoms with Gasteiger partial charge >= 0.3 is 0 Å². The zero-order chi connectivity index (χ0) is 13.7. The molecular formula is C16H28N2S. The van der Waals surface area contributed by atoms with Crippen molar-refractivity contribution in [2.75, 3.05) is 6.54 Å². The summed E-state index contributed by atoms with van der Waals surface area (Å²) in [5, 5.41) is 7.11. The molecule has 0 radical (unpaired) electrons. The van der Waals surface area contributed by atoms with Crippen LogP contribution in [-0.4, -0.2) is 18.6 Å². The summed E-state index contributed by atoms with van der Waals surface area (Å²) in [6.07, 6.45) is 6.79. The number of thiophene rings is 1. The van der Waals surface area contributed by atoms with Crippen molar-refractivity contribution in [1.82, 2.24) is 10.6 Å². The molecule has 1 atom stereocenters. The maximum absolute atomic E-state index is 3.63. The van der Waals surface area contributed by atoms with E-state index in [1.807, 2.05) is 11.3 Å². The monoisotopic (exact) mass is 280 g/mol. The van der Waals surface area contributed by atoms with Gasteiger partial charge in [-0.2, -0.15) is 0 Å². The lowest BCUT2D eigenvalue weighted by Gasteiger charge is -2.16. The van der Waals surface area contributed by atoms with E-state index >= 15 is 0 Å². The van der Waals surface area contributed by atoms with Gasteiger partial charge in [-0.15, -0.1) is 11.3 Å². The first-order valence-corrected chi connectivity index (χ1v) is 8.54. The van der Waals surface area contributed by atoms with Crippen molar-refractivity contribution in [3.63, 3.8) is 0 Å². The minimum atomic E-state index is 0.532. The van der Waals surface area contributed by atoms with Crippen molar-refractivity contribution in [3.05, 3.63) is 21.4 Å². The number of fused-ring (bicyclic) bond motifs is 1. The SMILES string of the molecule is CC(C)NCC(C)NCc1cc2c(s1)CCCCC2. The Hall–Kier alpha value is -0.380. The van der Waals surface area contributed by atoms with Crippen LogP contribution in [0.15, 0.2) is 6.07 Å². The molecule has 0 amide bonds. The molecule has 1 aromatic heterocycles. The number of nitrogens with one attached hydrogen (secondary N) is 2. The van der Waals surface area contributed by atoms with Gasteiger partial charge in [0.05, 0.1) is 0 Å². The molecule has 1 aliphatic carbocycles. The summed E-state index contributed by atoms with van der Waals surface area (Å²) >= 11 is 2.03. The highest BCUT2D eigenvalue weighted by Gasteiger charge is 2.12. The van der Waals surface area contributed by atoms with Gasteiger partial charge in [0, 0.05) is 34.9 Å². The highest BCUT2D eigenvalue weighted by atomic mass is 32.1. The van der Waals surface area contributed by atoms with Gasteiger partial charge in [-0.1, -0.05) is 20.3 Å². The molecule has 0 aromatic carbocycles. The van der Waals surface area contributed by atoms with Crippen LogP contribution >= 0.6 is 11.3 Å². The van der Waals surface area contributed by atoms with E-state index in [9.17, 15) is 0 Å². The highest BCUT2D eigenvalue weighted by Crippen LogP contribution is 2.28. The second kappa shape index (κ2) is 7.41. The number of hydrogen-bond donors (Lipinski definition) is 2. The summed E-state index contributed by atoms with van der Waals surface area (Å²) in [6.45, 7) is 8.72. The second-order valence-corrected chi connectivity index (χ2v) is 7.29. The Morgan fingerprint density at radius 1 is 1.11 bits per heavy atom. The predicted molar refractivity (Wildman–Crippen MR) is 85.0 cm³/mol. The molecule has 0 saturated heterocycles. The fourth-order valence-corrected chi connectivity index (χ4v) is 3.79. The van der Waals surface area contributed by atoms with Crippen LogP contribution in [0.25, 0.3) is 0 Å². The van der Waals surface area contributed by atoms with E-state index in [1.165, 1.54) is 37.0 Å². The van der Waals surface area contributed by atoms with Crippen LogP contribution in [0.3, 0.4) is 0 Å². The zero-order valence-electron chi connectivity index (χ0n) is 12.6. The third-order valence-electron chi connectivity index (χ3n) is 3.75. The lowest BCUT2D eigenvalue weighted by Crippen LogP contribution is -2.38. The van der Waals surface area contributed by atoms with Crippen LogP contribution in [0.5, 0.6) is 0 Å². The summed E-state index contributed by atoms with van der Waals surface area (Å²) in [5.41, 5.74) is 1.63. The molecule has 0 bridgehead atoms. The molecule has 0 aliphatic heterocycles. The first-order valence-electron chi connectivity index (χ1n) is 7.72. The molecule has 108 valence electrons. The topological polar surface area (TPSA) is 24.1 Å². The number of rotatable bonds is 6. The van der Waals surface area contributed by atoms with Crippen molar-refractivity contribution >= 4 is 11.3 Å². The van der Waals surface area contributed by atoms with Gasteiger partial charge < -0.3 is 10.6 Å². The van der Waals surface area contributed by atoms with Gasteiger partial charge in [-0.3, -0.25) is 0 Å². The second-order valence-electron chi connectivity index (χ2n) is 6.07. The summed E-state index contributed by atoms with van der Waals surface area (Å²) in [5.74, 6) is 0. The van der Waals surface area contributed by atoms with Crippen molar-refractivity contribution in [1.29, 1.82) is 0 Å². The molecule has 0 fully saturated rings. The molecule has 1 aliphatic rings. The third-order valence-corrected chi connectivity index (χ3v) is 4.99. The molecule has 0 spiro atoms. The molecule has 2 rings (SSSR count). The van der Waals surface area contributed by atoms with E-state index in [4.69, 9.17) is 0 Å². The Bertz CT molecular complexity index is 361. The first kappa shape index (κ1) is 15.0. The molecule has 2 N–H and O–H groups in total. The average Bonchev–Trinajstić information content (AvgIpc) is 2.64. The van der Waals surface area contributed by atoms with E-state index in [2.05, 4.69) is 37.5 Å². The Kier molecular flexibility index (Phi) is 5.86. The molecule has 0 saturated carbocycles. The van der Waals surface area contributed by atoms with Crippen LogP contribution < -0.4 is 10.6 Å². The summed E-state index contributed by atoms with van der Waals surface area (Å²) in [7, 11) is 0. The van der Waals surface area contributed by atoms with Gasteiger partial charge in [-0.05, 0) is 44.2 Å². The smallest absolute Gasteiger partial charge is 0.0302 e. The highest BCUT2D eigenvalue weighted by molar-refractivity contribution is 7.12. The quantitative estimate of drug-likeness (QED) is 0.779. The van der Waals surface area contributed by atoms with Gasteiger partial charge in [0.15, 0.2) is 0 Å². The molecule has 1 unspecified atom stereocenters. The summed E-state index contributed by atoms with van der Waals surface area (Å²) < 4.78 is 0. The van der Waals surface area contributed by atoms with Gasteiger partial charge in [0.25, 0.3) is 0 Å². The average molecular weight is 280 g/mol. The maximum Gasteiger partial charge on any atom is 0.0302 e. The fraction of sp³-hybridized carbons (Fsp3) is 0.750. The van der Waals surface area contributed by atoms with Crippen LogP contribution in [0, 0.1) is 0 Å². The minimum Gasteiger partial charge on any atom is -0.313 e. The minimum absolute atomic E-state index is 0.532. The fourth-order valence-electron chi connectivity index (χ4n) is 2.58. The normalized spacial score (nSPS) is 17.3. The van der Waals surface area contributed by atoms with Crippen LogP contribution in [0.1, 0.15) is 55.4 Å². The van der Waals surface area contributed by atoms with E-state index in [1.54, 1.807) is 10.4 Å². The summed E-state index contributed by atoms with van der Waals surface area (Å²) in [6, 6.07) is 3.55. The van der Waals surface area contributed by atoms with Gasteiger partial charge in [0.2, 0.25) is 0 Å². The van der Waals surface area contributed by atoms with E-state index < -0.39 is 0 Å². The lowest BCUT2D eigenvalue weighted by molar-refractivity contribution is 0.475. The zero-order valence-corrected chi connectivity index (χ0v) is 13.4. The largest absolute Gasteiger partial charge is 0.313 e. The number of aryl methyl sites for hydroxylation is 2. The Morgan fingerprint density at radius 3 is 2.68 bits per heavy atom. The molecule has 3 heteroatoms. The Balaban J connectivity index is 1.80. The van der Waals surface area contributed by atoms with Crippen molar-refractivity contribution < 1.29 is 0 Å². The Morgan fingerprint density at radius 2 is 1.89 bits per heavy atom. The van der Waals surface area contributed by atoms with Crippen molar-refractivity contribution in [2.24, 2.45) is 0 Å². The van der Waals surface area contributed by atoms with Gasteiger partial charge in [-0.25, -0.2) is 0 Å². The van der Waals surface area contributed by atoms with E-state index in [0.717, 1.165) is 13.1 Å². The molecule has 2 nitrogen and oxygen atoms in total. The lowest BCUT2D eigenvalue weighted by atomic mass is 10.1. The van der Waals surface area contributed by atoms with Gasteiger partial charge in [0.1, 0.15) is 0 Å². The van der Waals surface area contributed by atoms with Crippen LogP contribution in [-0.2, 0) is 19.4 Å². The Labute approximate surface area is 122 Å². The van der Waals surface area contributed by atoms with E-state index in [0.29, 0.717) is 12.1 Å². The molecule has 1 heterocycles. The van der Waals surface area contributed by atoms with Crippen molar-refractivity contribution in [2.45, 2.75) is 71.5 Å². The predicted octanol–water partition coefficient (Wildman–Crippen LogP) is 3.49.